The van der Waals surface area contributed by atoms with Crippen molar-refractivity contribution in [2.24, 2.45) is 0 Å². The number of nitrogens with one attached hydrogen (secondary N) is 1. The van der Waals surface area contributed by atoms with Gasteiger partial charge in [-0.1, -0.05) is 0 Å². The highest BCUT2D eigenvalue weighted by molar-refractivity contribution is 5.65. The number of imidazole rings is 1. The highest BCUT2D eigenvalue weighted by Gasteiger charge is 2.08. The van der Waals surface area contributed by atoms with E-state index in [0.717, 1.165) is 28.2 Å². The number of aromatic amines is 1. The van der Waals surface area contributed by atoms with Gasteiger partial charge in [0.15, 0.2) is 5.65 Å². The summed E-state index contributed by atoms with van der Waals surface area (Å²) in [7, 11) is 0. The monoisotopic (exact) mass is 262 g/mol. The molecule has 0 radical (unpaired) electrons. The highest BCUT2D eigenvalue weighted by Crippen LogP contribution is 2.22. The van der Waals surface area contributed by atoms with Crippen molar-refractivity contribution in [2.45, 2.75) is 0 Å². The summed E-state index contributed by atoms with van der Waals surface area (Å²) in [5, 5.41) is 6.74. The molecule has 0 aliphatic heterocycles. The van der Waals surface area contributed by atoms with E-state index in [9.17, 15) is 0 Å². The zero-order valence-corrected chi connectivity index (χ0v) is 10.4. The largest absolute Gasteiger partial charge is 0.296 e. The van der Waals surface area contributed by atoms with Gasteiger partial charge in [0, 0.05) is 35.9 Å². The zero-order valence-electron chi connectivity index (χ0n) is 10.4. The molecule has 0 fully saturated rings. The summed E-state index contributed by atoms with van der Waals surface area (Å²) in [4.78, 5) is 12.9. The van der Waals surface area contributed by atoms with E-state index < -0.39 is 0 Å². The molecule has 0 spiro atoms. The van der Waals surface area contributed by atoms with Crippen molar-refractivity contribution in [3.63, 3.8) is 0 Å². The summed E-state index contributed by atoms with van der Waals surface area (Å²) in [5.74, 6) is 0. The van der Waals surface area contributed by atoms with Crippen LogP contribution in [0, 0.1) is 0 Å². The number of hydrogen-bond acceptors (Lipinski definition) is 4. The van der Waals surface area contributed by atoms with Crippen LogP contribution in [0.4, 0.5) is 0 Å². The van der Waals surface area contributed by atoms with Gasteiger partial charge in [-0.25, -0.2) is 4.98 Å². The van der Waals surface area contributed by atoms with Gasteiger partial charge in [0.25, 0.3) is 0 Å². The van der Waals surface area contributed by atoms with Crippen LogP contribution in [0.15, 0.2) is 55.5 Å². The molecule has 1 N–H and O–H groups in total. The first kappa shape index (κ1) is 10.9. The molecule has 4 rings (SSSR count). The molecule has 4 heterocycles. The van der Waals surface area contributed by atoms with Crippen molar-refractivity contribution in [1.82, 2.24) is 29.5 Å². The zero-order chi connectivity index (χ0) is 13.4. The van der Waals surface area contributed by atoms with Crippen molar-refractivity contribution < 1.29 is 0 Å². The molecule has 20 heavy (non-hydrogen) atoms. The van der Waals surface area contributed by atoms with Gasteiger partial charge in [-0.2, -0.15) is 5.10 Å². The van der Waals surface area contributed by atoms with Crippen molar-refractivity contribution in [3.05, 3.63) is 55.5 Å². The lowest BCUT2D eigenvalue weighted by Crippen LogP contribution is -1.92. The summed E-state index contributed by atoms with van der Waals surface area (Å²) in [6.45, 7) is 0. The van der Waals surface area contributed by atoms with Gasteiger partial charge in [0.2, 0.25) is 0 Å². The van der Waals surface area contributed by atoms with Crippen LogP contribution in [0.3, 0.4) is 0 Å². The van der Waals surface area contributed by atoms with Crippen LogP contribution < -0.4 is 0 Å². The summed E-state index contributed by atoms with van der Waals surface area (Å²) < 4.78 is 2.01. The van der Waals surface area contributed by atoms with E-state index in [-0.39, 0.29) is 0 Å². The van der Waals surface area contributed by atoms with Crippen molar-refractivity contribution in [1.29, 1.82) is 0 Å². The molecular weight excluding hydrogens is 252 g/mol. The fourth-order valence-corrected chi connectivity index (χ4v) is 2.16. The molecule has 6 nitrogen and oxygen atoms in total. The van der Waals surface area contributed by atoms with Crippen LogP contribution in [-0.4, -0.2) is 29.5 Å². The Morgan fingerprint density at radius 3 is 2.80 bits per heavy atom. The molecule has 0 unspecified atom stereocenters. The maximum atomic E-state index is 4.40. The third-order valence-electron chi connectivity index (χ3n) is 3.15. The van der Waals surface area contributed by atoms with E-state index >= 15 is 0 Å². The number of hydrogen-bond donors (Lipinski definition) is 1. The van der Waals surface area contributed by atoms with Crippen LogP contribution in [0.5, 0.6) is 0 Å². The number of aromatic nitrogens is 6. The third kappa shape index (κ3) is 1.66. The number of rotatable bonds is 2. The molecule has 0 saturated heterocycles. The maximum absolute atomic E-state index is 4.40. The lowest BCUT2D eigenvalue weighted by molar-refractivity contribution is 1.09. The van der Waals surface area contributed by atoms with E-state index in [1.165, 1.54) is 0 Å². The van der Waals surface area contributed by atoms with Crippen molar-refractivity contribution in [2.75, 3.05) is 0 Å². The predicted octanol–water partition coefficient (Wildman–Crippen LogP) is 2.18. The topological polar surface area (TPSA) is 71.8 Å². The first-order chi connectivity index (χ1) is 9.92. The van der Waals surface area contributed by atoms with Gasteiger partial charge < -0.3 is 0 Å². The van der Waals surface area contributed by atoms with Gasteiger partial charge >= 0.3 is 0 Å². The van der Waals surface area contributed by atoms with Gasteiger partial charge in [0.1, 0.15) is 0 Å². The third-order valence-corrected chi connectivity index (χ3v) is 3.15. The van der Waals surface area contributed by atoms with E-state index in [4.69, 9.17) is 0 Å². The van der Waals surface area contributed by atoms with E-state index in [1.807, 2.05) is 41.3 Å². The first-order valence-corrected chi connectivity index (χ1v) is 6.14. The molecule has 0 aliphatic rings. The normalized spacial score (nSPS) is 11.0. The fraction of sp³-hybridized carbons (Fsp3) is 0. The average Bonchev–Trinajstić information content (AvgIpc) is 3.17. The molecule has 0 saturated carbocycles. The molecule has 0 aromatic carbocycles. The Kier molecular flexibility index (Phi) is 2.32. The van der Waals surface area contributed by atoms with Gasteiger partial charge in [0.05, 0.1) is 30.0 Å². The quantitative estimate of drug-likeness (QED) is 0.601. The summed E-state index contributed by atoms with van der Waals surface area (Å²) in [5.41, 5.74) is 4.59. The van der Waals surface area contributed by atoms with Gasteiger partial charge in [-0.05, 0) is 12.1 Å². The SMILES string of the molecule is c1cncc(-c2cnc3cnc(-c4cn[nH]c4)cn23)c1. The average molecular weight is 262 g/mol. The lowest BCUT2D eigenvalue weighted by atomic mass is 10.2. The Bertz CT molecular complexity index is 848. The smallest absolute Gasteiger partial charge is 0.155 e. The minimum atomic E-state index is 0.802. The fourth-order valence-electron chi connectivity index (χ4n) is 2.16. The second kappa shape index (κ2) is 4.27. The van der Waals surface area contributed by atoms with Gasteiger partial charge in [-0.3, -0.25) is 19.5 Å². The predicted molar refractivity (Wildman–Crippen MR) is 73.8 cm³/mol. The molecule has 0 aliphatic carbocycles. The lowest BCUT2D eigenvalue weighted by Gasteiger charge is -2.03. The van der Waals surface area contributed by atoms with Crippen LogP contribution in [0.25, 0.3) is 28.2 Å². The molecule has 4 aromatic rings. The van der Waals surface area contributed by atoms with E-state index in [1.54, 1.807) is 18.6 Å². The van der Waals surface area contributed by atoms with Crippen LogP contribution in [-0.2, 0) is 0 Å². The highest BCUT2D eigenvalue weighted by atomic mass is 15.1. The Hall–Kier alpha value is -3.02. The van der Waals surface area contributed by atoms with Crippen molar-refractivity contribution in [3.8, 4) is 22.5 Å². The second-order valence-corrected chi connectivity index (χ2v) is 4.37. The molecular formula is C14H10N6. The standard InChI is InChI=1S/C14H10N6/c1-2-10(4-15-3-1)13-7-17-14-8-16-12(9-20(13)14)11-5-18-19-6-11/h1-9H,(H,18,19). The summed E-state index contributed by atoms with van der Waals surface area (Å²) in [6.07, 6.45) is 12.7. The molecule has 0 amide bonds. The number of fused-ring (bicyclic) bond motifs is 1. The molecule has 96 valence electrons. The van der Waals surface area contributed by atoms with E-state index in [0.29, 0.717) is 0 Å². The van der Waals surface area contributed by atoms with Crippen LogP contribution in [0.1, 0.15) is 0 Å². The maximum Gasteiger partial charge on any atom is 0.155 e. The summed E-state index contributed by atoms with van der Waals surface area (Å²) >= 11 is 0. The molecule has 0 atom stereocenters. The minimum Gasteiger partial charge on any atom is -0.296 e. The Balaban J connectivity index is 1.93. The minimum absolute atomic E-state index is 0.802. The molecule has 6 heteroatoms. The number of pyridine rings is 1. The van der Waals surface area contributed by atoms with E-state index in [2.05, 4.69) is 25.1 Å². The summed E-state index contributed by atoms with van der Waals surface area (Å²) in [6, 6.07) is 3.92. The Morgan fingerprint density at radius 1 is 1.00 bits per heavy atom. The second-order valence-electron chi connectivity index (χ2n) is 4.37. The van der Waals surface area contributed by atoms with Crippen LogP contribution in [0.2, 0.25) is 0 Å². The Morgan fingerprint density at radius 2 is 2.00 bits per heavy atom. The number of H-pyrrole nitrogens is 1. The first-order valence-electron chi connectivity index (χ1n) is 6.14. The Labute approximate surface area is 114 Å². The number of nitrogens with zero attached hydrogens (tertiary/aromatic N) is 5. The van der Waals surface area contributed by atoms with Crippen LogP contribution >= 0.6 is 0 Å². The van der Waals surface area contributed by atoms with Gasteiger partial charge in [-0.15, -0.1) is 0 Å². The van der Waals surface area contributed by atoms with Crippen molar-refractivity contribution >= 4 is 5.65 Å². The molecule has 4 aromatic heterocycles. The molecule has 0 bridgehead atoms.